The minimum Gasteiger partial charge on any atom is -0.481 e. The summed E-state index contributed by atoms with van der Waals surface area (Å²) in [5.74, 6) is -1.61. The van der Waals surface area contributed by atoms with Crippen LogP contribution in [-0.4, -0.2) is 11.1 Å². The summed E-state index contributed by atoms with van der Waals surface area (Å²) in [5.41, 5.74) is 0.637. The van der Waals surface area contributed by atoms with Crippen molar-refractivity contribution in [2.45, 2.75) is 39.5 Å². The lowest BCUT2D eigenvalue weighted by Crippen LogP contribution is -2.35. The number of carbonyl (C=O) groups is 1. The van der Waals surface area contributed by atoms with E-state index in [4.69, 9.17) is 11.6 Å². The maximum atomic E-state index is 14.0. The number of benzene rings is 1. The second-order valence-corrected chi connectivity index (χ2v) is 6.94. The van der Waals surface area contributed by atoms with Crippen LogP contribution in [0.4, 0.5) is 4.39 Å². The fourth-order valence-corrected chi connectivity index (χ4v) is 3.46. The first-order valence-electron chi connectivity index (χ1n) is 6.96. The molecule has 0 spiro atoms. The molecule has 0 bridgehead atoms. The topological polar surface area (TPSA) is 37.3 Å². The Morgan fingerprint density at radius 2 is 2.20 bits per heavy atom. The highest BCUT2D eigenvalue weighted by Crippen LogP contribution is 2.43. The Morgan fingerprint density at radius 3 is 2.85 bits per heavy atom. The van der Waals surface area contributed by atoms with Gasteiger partial charge in [0.2, 0.25) is 0 Å². The maximum Gasteiger partial charge on any atom is 0.306 e. The van der Waals surface area contributed by atoms with Crippen LogP contribution in [-0.2, 0) is 11.2 Å². The zero-order valence-electron chi connectivity index (χ0n) is 11.8. The molecule has 0 radical (unpaired) electrons. The number of hydrogen-bond donors (Lipinski definition) is 1. The van der Waals surface area contributed by atoms with Gasteiger partial charge in [0.25, 0.3) is 0 Å². The van der Waals surface area contributed by atoms with Crippen LogP contribution in [0.2, 0.25) is 5.02 Å². The summed E-state index contributed by atoms with van der Waals surface area (Å²) in [6, 6.07) is 4.92. The molecule has 2 unspecified atom stereocenters. The first-order chi connectivity index (χ1) is 9.30. The molecule has 110 valence electrons. The molecule has 0 heterocycles. The van der Waals surface area contributed by atoms with Crippen molar-refractivity contribution < 1.29 is 14.3 Å². The van der Waals surface area contributed by atoms with E-state index in [2.05, 4.69) is 13.8 Å². The maximum absolute atomic E-state index is 14.0. The van der Waals surface area contributed by atoms with E-state index in [1.807, 2.05) is 0 Å². The molecule has 1 aliphatic rings. The molecule has 2 nitrogen and oxygen atoms in total. The molecule has 0 saturated heterocycles. The highest BCUT2D eigenvalue weighted by molar-refractivity contribution is 6.30. The lowest BCUT2D eigenvalue weighted by molar-refractivity contribution is -0.146. The second-order valence-electron chi connectivity index (χ2n) is 6.53. The van der Waals surface area contributed by atoms with Gasteiger partial charge in [0.1, 0.15) is 5.82 Å². The Kier molecular flexibility index (Phi) is 4.38. The molecule has 1 saturated carbocycles. The third-order valence-electron chi connectivity index (χ3n) is 4.35. The zero-order chi connectivity index (χ0) is 14.9. The molecule has 2 rings (SSSR count). The average Bonchev–Trinajstić information content (AvgIpc) is 2.33. The minimum absolute atomic E-state index is 0.0378. The lowest BCUT2D eigenvalue weighted by atomic mass is 9.65. The van der Waals surface area contributed by atoms with Crippen LogP contribution in [0.3, 0.4) is 0 Å². The SMILES string of the molecule is CC1(C)CCC(C(=O)O)C(Cc2cccc(Cl)c2F)C1. The highest BCUT2D eigenvalue weighted by Gasteiger charge is 2.38. The van der Waals surface area contributed by atoms with Crippen LogP contribution in [0.5, 0.6) is 0 Å². The van der Waals surface area contributed by atoms with E-state index in [9.17, 15) is 14.3 Å². The van der Waals surface area contributed by atoms with Gasteiger partial charge >= 0.3 is 5.97 Å². The first-order valence-corrected chi connectivity index (χ1v) is 7.34. The first kappa shape index (κ1) is 15.3. The van der Waals surface area contributed by atoms with Gasteiger partial charge in [-0.15, -0.1) is 0 Å². The Labute approximate surface area is 123 Å². The molecular formula is C16H20ClFO2. The summed E-state index contributed by atoms with van der Waals surface area (Å²) in [5, 5.41) is 9.46. The van der Waals surface area contributed by atoms with Gasteiger partial charge in [-0.1, -0.05) is 37.6 Å². The zero-order valence-corrected chi connectivity index (χ0v) is 12.6. The molecule has 4 heteroatoms. The van der Waals surface area contributed by atoms with Gasteiger partial charge in [0, 0.05) is 0 Å². The Bertz CT molecular complexity index is 513. The molecule has 20 heavy (non-hydrogen) atoms. The van der Waals surface area contributed by atoms with E-state index >= 15 is 0 Å². The van der Waals surface area contributed by atoms with Gasteiger partial charge in [-0.25, -0.2) is 4.39 Å². The van der Waals surface area contributed by atoms with Crippen molar-refractivity contribution in [1.82, 2.24) is 0 Å². The molecule has 0 aliphatic heterocycles. The van der Waals surface area contributed by atoms with Gasteiger partial charge in [-0.05, 0) is 48.6 Å². The molecule has 1 fully saturated rings. The Hall–Kier alpha value is -1.09. The number of rotatable bonds is 3. The molecule has 0 amide bonds. The molecule has 1 aromatic rings. The smallest absolute Gasteiger partial charge is 0.306 e. The van der Waals surface area contributed by atoms with Crippen LogP contribution >= 0.6 is 11.6 Å². The Balaban J connectivity index is 2.23. The van der Waals surface area contributed by atoms with E-state index in [1.54, 1.807) is 12.1 Å². The summed E-state index contributed by atoms with van der Waals surface area (Å²) >= 11 is 5.80. The normalized spacial score (nSPS) is 25.4. The van der Waals surface area contributed by atoms with E-state index in [0.29, 0.717) is 18.4 Å². The van der Waals surface area contributed by atoms with Crippen LogP contribution in [0.15, 0.2) is 18.2 Å². The van der Waals surface area contributed by atoms with E-state index in [-0.39, 0.29) is 22.3 Å². The predicted octanol–water partition coefficient (Wildman–Crippen LogP) is 4.55. The lowest BCUT2D eigenvalue weighted by Gasteiger charge is -2.39. The second kappa shape index (κ2) is 5.72. The summed E-state index contributed by atoms with van der Waals surface area (Å²) in [7, 11) is 0. The van der Waals surface area contributed by atoms with Gasteiger partial charge in [0.05, 0.1) is 10.9 Å². The quantitative estimate of drug-likeness (QED) is 0.889. The van der Waals surface area contributed by atoms with Gasteiger partial charge in [-0.2, -0.15) is 0 Å². The average molecular weight is 299 g/mol. The molecule has 0 aromatic heterocycles. The number of carboxylic acid groups (broad SMARTS) is 1. The van der Waals surface area contributed by atoms with Gasteiger partial charge < -0.3 is 5.11 Å². The summed E-state index contributed by atoms with van der Waals surface area (Å²) in [6.45, 7) is 4.29. The summed E-state index contributed by atoms with van der Waals surface area (Å²) in [6.07, 6.45) is 2.80. The van der Waals surface area contributed by atoms with Crippen molar-refractivity contribution in [3.63, 3.8) is 0 Å². The molecule has 1 aliphatic carbocycles. The van der Waals surface area contributed by atoms with Crippen molar-refractivity contribution in [1.29, 1.82) is 0 Å². The van der Waals surface area contributed by atoms with Gasteiger partial charge in [-0.3, -0.25) is 4.79 Å². The highest BCUT2D eigenvalue weighted by atomic mass is 35.5. The number of halogens is 2. The summed E-state index contributed by atoms with van der Waals surface area (Å²) in [4.78, 5) is 11.4. The standard InChI is InChI=1S/C16H20ClFO2/c1-16(2)7-6-12(15(19)20)11(9-16)8-10-4-3-5-13(17)14(10)18/h3-5,11-12H,6-9H2,1-2H3,(H,19,20). The largest absolute Gasteiger partial charge is 0.481 e. The number of carboxylic acids is 1. The van der Waals surface area contributed by atoms with Crippen LogP contribution in [0.25, 0.3) is 0 Å². The summed E-state index contributed by atoms with van der Waals surface area (Å²) < 4.78 is 14.0. The molecule has 1 N–H and O–H groups in total. The van der Waals surface area contributed by atoms with E-state index in [1.165, 1.54) is 6.07 Å². The van der Waals surface area contributed by atoms with Crippen molar-refractivity contribution in [2.75, 3.05) is 0 Å². The van der Waals surface area contributed by atoms with E-state index in [0.717, 1.165) is 12.8 Å². The fraction of sp³-hybridized carbons (Fsp3) is 0.562. The fourth-order valence-electron chi connectivity index (χ4n) is 3.26. The molecule has 2 atom stereocenters. The molecular weight excluding hydrogens is 279 g/mol. The molecule has 1 aromatic carbocycles. The number of hydrogen-bond acceptors (Lipinski definition) is 1. The van der Waals surface area contributed by atoms with Crippen LogP contribution in [0, 0.1) is 23.1 Å². The third kappa shape index (κ3) is 3.32. The van der Waals surface area contributed by atoms with E-state index < -0.39 is 11.8 Å². The van der Waals surface area contributed by atoms with Gasteiger partial charge in [0.15, 0.2) is 0 Å². The monoisotopic (exact) mass is 298 g/mol. The van der Waals surface area contributed by atoms with Crippen LogP contribution in [0.1, 0.15) is 38.7 Å². The van der Waals surface area contributed by atoms with Crippen molar-refractivity contribution in [3.05, 3.63) is 34.6 Å². The Morgan fingerprint density at radius 1 is 1.50 bits per heavy atom. The third-order valence-corrected chi connectivity index (χ3v) is 4.64. The predicted molar refractivity (Wildman–Crippen MR) is 77.4 cm³/mol. The van der Waals surface area contributed by atoms with Crippen molar-refractivity contribution in [2.24, 2.45) is 17.3 Å². The minimum atomic E-state index is -0.770. The van der Waals surface area contributed by atoms with Crippen molar-refractivity contribution >= 4 is 17.6 Å². The van der Waals surface area contributed by atoms with Crippen molar-refractivity contribution in [3.8, 4) is 0 Å². The van der Waals surface area contributed by atoms with Crippen LogP contribution < -0.4 is 0 Å². The number of aliphatic carboxylic acids is 1.